The van der Waals surface area contributed by atoms with Gasteiger partial charge in [0.15, 0.2) is 11.6 Å². The highest BCUT2D eigenvalue weighted by molar-refractivity contribution is 5.96. The Morgan fingerprint density at radius 3 is 2.89 bits per heavy atom. The molecule has 0 amide bonds. The van der Waals surface area contributed by atoms with Gasteiger partial charge in [-0.3, -0.25) is 4.79 Å². The lowest BCUT2D eigenvalue weighted by atomic mass is 10.1. The van der Waals surface area contributed by atoms with Crippen LogP contribution in [0.4, 0.5) is 0 Å². The van der Waals surface area contributed by atoms with E-state index >= 15 is 0 Å². The standard InChI is InChI=1S/C13H16N4O2/c1-3-8-17-13(14-15-16-17)9-19-12-7-5-4-6-11(12)10(2)18/h4-7H,3,8-9H2,1-2H3. The molecule has 0 unspecified atom stereocenters. The van der Waals surface area contributed by atoms with E-state index < -0.39 is 0 Å². The van der Waals surface area contributed by atoms with Gasteiger partial charge < -0.3 is 4.74 Å². The molecule has 0 bridgehead atoms. The van der Waals surface area contributed by atoms with E-state index in [1.54, 1.807) is 16.8 Å². The van der Waals surface area contributed by atoms with E-state index in [9.17, 15) is 4.79 Å². The van der Waals surface area contributed by atoms with Gasteiger partial charge >= 0.3 is 0 Å². The van der Waals surface area contributed by atoms with Crippen molar-refractivity contribution in [3.63, 3.8) is 0 Å². The summed E-state index contributed by atoms with van der Waals surface area (Å²) in [6.07, 6.45) is 0.947. The number of hydrogen-bond acceptors (Lipinski definition) is 5. The van der Waals surface area contributed by atoms with Crippen LogP contribution in [-0.2, 0) is 13.2 Å². The number of benzene rings is 1. The summed E-state index contributed by atoms with van der Waals surface area (Å²) in [6.45, 7) is 4.57. The predicted molar refractivity (Wildman–Crippen MR) is 68.9 cm³/mol. The number of hydrogen-bond donors (Lipinski definition) is 0. The SMILES string of the molecule is CCCn1nnnc1COc1ccccc1C(C)=O. The van der Waals surface area contributed by atoms with Gasteiger partial charge in [0.2, 0.25) is 0 Å². The van der Waals surface area contributed by atoms with Crippen LogP contribution in [0.5, 0.6) is 5.75 Å². The van der Waals surface area contributed by atoms with Crippen molar-refractivity contribution in [3.8, 4) is 5.75 Å². The Balaban J connectivity index is 2.10. The van der Waals surface area contributed by atoms with Gasteiger partial charge in [0.05, 0.1) is 5.56 Å². The molecule has 2 aromatic rings. The van der Waals surface area contributed by atoms with Crippen LogP contribution in [0.3, 0.4) is 0 Å². The van der Waals surface area contributed by atoms with E-state index in [4.69, 9.17) is 4.74 Å². The zero-order valence-corrected chi connectivity index (χ0v) is 11.0. The second-order valence-corrected chi connectivity index (χ2v) is 4.16. The molecule has 6 nitrogen and oxygen atoms in total. The molecular weight excluding hydrogens is 244 g/mol. The molecule has 0 radical (unpaired) electrons. The number of carbonyl (C=O) groups excluding carboxylic acids is 1. The Labute approximate surface area is 111 Å². The van der Waals surface area contributed by atoms with Gasteiger partial charge in [-0.05, 0) is 35.9 Å². The van der Waals surface area contributed by atoms with Crippen molar-refractivity contribution in [2.45, 2.75) is 33.4 Å². The largest absolute Gasteiger partial charge is 0.485 e. The van der Waals surface area contributed by atoms with E-state index in [2.05, 4.69) is 22.4 Å². The molecule has 0 spiro atoms. The average molecular weight is 260 g/mol. The molecule has 6 heteroatoms. The van der Waals surface area contributed by atoms with Crippen molar-refractivity contribution in [1.82, 2.24) is 20.2 Å². The molecule has 0 N–H and O–H groups in total. The topological polar surface area (TPSA) is 69.9 Å². The predicted octanol–water partition coefficient (Wildman–Crippen LogP) is 1.86. The first-order valence-electron chi connectivity index (χ1n) is 6.20. The van der Waals surface area contributed by atoms with E-state index in [1.807, 2.05) is 12.1 Å². The second-order valence-electron chi connectivity index (χ2n) is 4.16. The van der Waals surface area contributed by atoms with Gasteiger partial charge in [0.25, 0.3) is 0 Å². The quantitative estimate of drug-likeness (QED) is 0.741. The van der Waals surface area contributed by atoms with Crippen molar-refractivity contribution in [1.29, 1.82) is 0 Å². The minimum absolute atomic E-state index is 0.0243. The fourth-order valence-corrected chi connectivity index (χ4v) is 1.74. The fraction of sp³-hybridized carbons (Fsp3) is 0.385. The number of nitrogens with zero attached hydrogens (tertiary/aromatic N) is 4. The van der Waals surface area contributed by atoms with Crippen LogP contribution in [0.1, 0.15) is 36.5 Å². The Morgan fingerprint density at radius 2 is 2.16 bits per heavy atom. The van der Waals surface area contributed by atoms with E-state index in [0.717, 1.165) is 13.0 Å². The maximum Gasteiger partial charge on any atom is 0.189 e. The van der Waals surface area contributed by atoms with Crippen LogP contribution in [0, 0.1) is 0 Å². The van der Waals surface area contributed by atoms with Crippen LogP contribution in [0.25, 0.3) is 0 Å². The van der Waals surface area contributed by atoms with Crippen LogP contribution in [-0.4, -0.2) is 26.0 Å². The van der Waals surface area contributed by atoms with E-state index in [-0.39, 0.29) is 12.4 Å². The van der Waals surface area contributed by atoms with Crippen LogP contribution >= 0.6 is 0 Å². The number of rotatable bonds is 6. The Morgan fingerprint density at radius 1 is 1.37 bits per heavy atom. The molecule has 0 aliphatic carbocycles. The molecule has 1 aromatic carbocycles. The molecule has 0 saturated carbocycles. The van der Waals surface area contributed by atoms with Gasteiger partial charge in [0, 0.05) is 6.54 Å². The molecule has 1 aromatic heterocycles. The highest BCUT2D eigenvalue weighted by Crippen LogP contribution is 2.19. The first-order valence-corrected chi connectivity index (χ1v) is 6.20. The third-order valence-electron chi connectivity index (χ3n) is 2.66. The molecule has 19 heavy (non-hydrogen) atoms. The Kier molecular flexibility index (Phi) is 4.22. The summed E-state index contributed by atoms with van der Waals surface area (Å²) in [5.41, 5.74) is 0.567. The van der Waals surface area contributed by atoms with Crippen molar-refractivity contribution in [3.05, 3.63) is 35.7 Å². The Hall–Kier alpha value is -2.24. The lowest BCUT2D eigenvalue weighted by Gasteiger charge is -2.09. The van der Waals surface area contributed by atoms with Gasteiger partial charge in [-0.2, -0.15) is 0 Å². The number of ketones is 1. The third-order valence-corrected chi connectivity index (χ3v) is 2.66. The maximum absolute atomic E-state index is 11.5. The first-order chi connectivity index (χ1) is 9.22. The summed E-state index contributed by atoms with van der Waals surface area (Å²) < 4.78 is 7.35. The van der Waals surface area contributed by atoms with E-state index in [0.29, 0.717) is 17.1 Å². The van der Waals surface area contributed by atoms with Crippen LogP contribution < -0.4 is 4.74 Å². The molecule has 0 saturated heterocycles. The molecule has 0 aliphatic rings. The minimum atomic E-state index is -0.0243. The van der Waals surface area contributed by atoms with Gasteiger partial charge in [-0.1, -0.05) is 19.1 Å². The summed E-state index contributed by atoms with van der Waals surface area (Å²) in [5.74, 6) is 1.19. The second kappa shape index (κ2) is 6.08. The van der Waals surface area contributed by atoms with Crippen molar-refractivity contribution in [2.75, 3.05) is 0 Å². The Bertz CT molecular complexity index is 565. The van der Waals surface area contributed by atoms with Crippen molar-refractivity contribution < 1.29 is 9.53 Å². The maximum atomic E-state index is 11.5. The van der Waals surface area contributed by atoms with Crippen molar-refractivity contribution >= 4 is 5.78 Å². The molecule has 0 atom stereocenters. The average Bonchev–Trinajstić information content (AvgIpc) is 2.84. The summed E-state index contributed by atoms with van der Waals surface area (Å²) in [5, 5.41) is 11.4. The van der Waals surface area contributed by atoms with Gasteiger partial charge in [0.1, 0.15) is 12.4 Å². The zero-order valence-electron chi connectivity index (χ0n) is 11.0. The summed E-state index contributed by atoms with van der Waals surface area (Å²) in [7, 11) is 0. The third kappa shape index (κ3) is 3.15. The van der Waals surface area contributed by atoms with Crippen LogP contribution in [0.2, 0.25) is 0 Å². The lowest BCUT2D eigenvalue weighted by Crippen LogP contribution is -2.09. The lowest BCUT2D eigenvalue weighted by molar-refractivity contribution is 0.101. The highest BCUT2D eigenvalue weighted by atomic mass is 16.5. The van der Waals surface area contributed by atoms with Gasteiger partial charge in [-0.15, -0.1) is 5.10 Å². The number of tetrazole rings is 1. The van der Waals surface area contributed by atoms with E-state index in [1.165, 1.54) is 6.92 Å². The van der Waals surface area contributed by atoms with Crippen LogP contribution in [0.15, 0.2) is 24.3 Å². The fourth-order valence-electron chi connectivity index (χ4n) is 1.74. The monoisotopic (exact) mass is 260 g/mol. The highest BCUT2D eigenvalue weighted by Gasteiger charge is 2.10. The summed E-state index contributed by atoms with van der Waals surface area (Å²) in [4.78, 5) is 11.5. The number of para-hydroxylation sites is 1. The molecular formula is C13H16N4O2. The molecule has 0 aliphatic heterocycles. The summed E-state index contributed by atoms with van der Waals surface area (Å²) >= 11 is 0. The van der Waals surface area contributed by atoms with Gasteiger partial charge in [-0.25, -0.2) is 4.68 Å². The zero-order chi connectivity index (χ0) is 13.7. The first kappa shape index (κ1) is 13.2. The number of Topliss-reactive ketones (excluding diaryl/α,β-unsaturated/α-hetero) is 1. The number of aryl methyl sites for hydroxylation is 1. The molecule has 100 valence electrons. The normalized spacial score (nSPS) is 10.4. The molecule has 1 heterocycles. The molecule has 2 rings (SSSR count). The van der Waals surface area contributed by atoms with Crippen molar-refractivity contribution in [2.24, 2.45) is 0 Å². The number of aromatic nitrogens is 4. The number of ether oxygens (including phenoxy) is 1. The minimum Gasteiger partial charge on any atom is -0.485 e. The number of carbonyl (C=O) groups is 1. The smallest absolute Gasteiger partial charge is 0.189 e. The molecule has 0 fully saturated rings. The summed E-state index contributed by atoms with van der Waals surface area (Å²) in [6, 6.07) is 7.15.